The number of nitrogens with zero attached hydrogens (tertiary/aromatic N) is 2. The molecule has 7 nitrogen and oxygen atoms in total. The molecule has 2 rings (SSSR count). The number of carbonyl (C=O) groups excluding carboxylic acids is 1. The van der Waals surface area contributed by atoms with Crippen molar-refractivity contribution in [2.75, 3.05) is 39.1 Å². The van der Waals surface area contributed by atoms with Crippen LogP contribution in [0.2, 0.25) is 0 Å². The van der Waals surface area contributed by atoms with Gasteiger partial charge in [-0.1, -0.05) is 19.1 Å². The van der Waals surface area contributed by atoms with Crippen molar-refractivity contribution >= 4 is 17.7 Å². The van der Waals surface area contributed by atoms with Gasteiger partial charge in [0.2, 0.25) is 0 Å². The Morgan fingerprint density at radius 2 is 1.96 bits per heavy atom. The van der Waals surface area contributed by atoms with Gasteiger partial charge in [0.1, 0.15) is 0 Å². The molecule has 1 aliphatic rings. The van der Waals surface area contributed by atoms with Crippen LogP contribution in [-0.2, 0) is 11.3 Å². The molecule has 1 fully saturated rings. The topological polar surface area (TPSA) is 78.0 Å². The van der Waals surface area contributed by atoms with E-state index >= 15 is 0 Å². The van der Waals surface area contributed by atoms with Gasteiger partial charge in [-0.05, 0) is 43.5 Å². The van der Waals surface area contributed by atoms with Gasteiger partial charge in [0, 0.05) is 38.4 Å². The highest BCUT2D eigenvalue weighted by Crippen LogP contribution is 2.11. The van der Waals surface area contributed by atoms with Gasteiger partial charge in [-0.2, -0.15) is 0 Å². The van der Waals surface area contributed by atoms with Gasteiger partial charge < -0.3 is 20.3 Å². The van der Waals surface area contributed by atoms with Crippen molar-refractivity contribution < 1.29 is 9.53 Å². The number of amides is 1. The van der Waals surface area contributed by atoms with Gasteiger partial charge in [0.15, 0.2) is 5.96 Å². The van der Waals surface area contributed by atoms with Gasteiger partial charge in [-0.3, -0.25) is 10.3 Å². The Kier molecular flexibility index (Phi) is 8.21. The van der Waals surface area contributed by atoms with Crippen molar-refractivity contribution in [2.45, 2.75) is 38.8 Å². The number of guanidine groups is 1. The van der Waals surface area contributed by atoms with Crippen molar-refractivity contribution in [3.8, 4) is 0 Å². The fraction of sp³-hybridized carbons (Fsp3) is 0.579. The molecule has 1 aromatic carbocycles. The smallest absolute Gasteiger partial charge is 0.411 e. The number of methoxy groups -OCH3 is 1. The summed E-state index contributed by atoms with van der Waals surface area (Å²) in [4.78, 5) is 18.0. The summed E-state index contributed by atoms with van der Waals surface area (Å²) in [5.41, 5.74) is 1.82. The average Bonchev–Trinajstić information content (AvgIpc) is 2.67. The lowest BCUT2D eigenvalue weighted by molar-refractivity contribution is 0.187. The maximum absolute atomic E-state index is 11.2. The number of ether oxygens (including phenoxy) is 1. The largest absolute Gasteiger partial charge is 0.453 e. The van der Waals surface area contributed by atoms with E-state index in [9.17, 15) is 4.79 Å². The minimum absolute atomic E-state index is 0.467. The van der Waals surface area contributed by atoms with Gasteiger partial charge in [0.05, 0.1) is 7.11 Å². The third-order valence-electron chi connectivity index (χ3n) is 4.54. The minimum Gasteiger partial charge on any atom is -0.453 e. The molecule has 1 aromatic rings. The van der Waals surface area contributed by atoms with Crippen molar-refractivity contribution in [3.05, 3.63) is 29.8 Å². The van der Waals surface area contributed by atoms with E-state index in [1.165, 1.54) is 20.1 Å². The molecule has 0 aliphatic carbocycles. The van der Waals surface area contributed by atoms with Crippen LogP contribution in [0.4, 0.5) is 10.5 Å². The Morgan fingerprint density at radius 3 is 2.54 bits per heavy atom. The fourth-order valence-corrected chi connectivity index (χ4v) is 3.07. The minimum atomic E-state index is -0.467. The second-order valence-electron chi connectivity index (χ2n) is 6.50. The quantitative estimate of drug-likeness (QED) is 0.536. The number of carbonyl (C=O) groups is 1. The molecule has 0 atom stereocenters. The maximum atomic E-state index is 11.2. The molecule has 3 N–H and O–H groups in total. The van der Waals surface area contributed by atoms with E-state index in [2.05, 4.69) is 37.5 Å². The van der Waals surface area contributed by atoms with E-state index < -0.39 is 6.09 Å². The van der Waals surface area contributed by atoms with Crippen LogP contribution in [0.15, 0.2) is 29.3 Å². The molecule has 1 heterocycles. The van der Waals surface area contributed by atoms with E-state index in [0.717, 1.165) is 37.5 Å². The first-order valence-corrected chi connectivity index (χ1v) is 9.28. The lowest BCUT2D eigenvalue weighted by Gasteiger charge is -2.32. The summed E-state index contributed by atoms with van der Waals surface area (Å²) in [6.07, 6.45) is 3.05. The van der Waals surface area contributed by atoms with Crippen molar-refractivity contribution in [2.24, 2.45) is 4.99 Å². The molecule has 0 radical (unpaired) electrons. The van der Waals surface area contributed by atoms with Crippen LogP contribution in [0.5, 0.6) is 0 Å². The van der Waals surface area contributed by atoms with E-state index in [4.69, 9.17) is 0 Å². The molecule has 144 valence electrons. The molecule has 0 unspecified atom stereocenters. The van der Waals surface area contributed by atoms with Gasteiger partial charge in [-0.25, -0.2) is 4.79 Å². The summed E-state index contributed by atoms with van der Waals surface area (Å²) in [6.45, 7) is 6.40. The van der Waals surface area contributed by atoms with E-state index in [1.54, 1.807) is 7.05 Å². The molecular formula is C19H31N5O2. The number of benzene rings is 1. The highest BCUT2D eigenvalue weighted by atomic mass is 16.5. The SMILES string of the molecule is CCCN1CCC(NC(=NC)NCc2ccc(NC(=O)OC)cc2)CC1. The summed E-state index contributed by atoms with van der Waals surface area (Å²) < 4.78 is 4.58. The van der Waals surface area contributed by atoms with Gasteiger partial charge in [0.25, 0.3) is 0 Å². The van der Waals surface area contributed by atoms with Crippen LogP contribution in [-0.4, -0.2) is 56.8 Å². The van der Waals surface area contributed by atoms with Crippen LogP contribution in [0, 0.1) is 0 Å². The summed E-state index contributed by atoms with van der Waals surface area (Å²) >= 11 is 0. The molecule has 0 bridgehead atoms. The van der Waals surface area contributed by atoms with E-state index in [0.29, 0.717) is 18.3 Å². The van der Waals surface area contributed by atoms with Crippen LogP contribution >= 0.6 is 0 Å². The summed E-state index contributed by atoms with van der Waals surface area (Å²) in [5.74, 6) is 0.829. The molecule has 1 aliphatic heterocycles. The summed E-state index contributed by atoms with van der Waals surface area (Å²) in [7, 11) is 3.14. The average molecular weight is 361 g/mol. The van der Waals surface area contributed by atoms with E-state index in [-0.39, 0.29) is 0 Å². The molecule has 26 heavy (non-hydrogen) atoms. The maximum Gasteiger partial charge on any atom is 0.411 e. The summed E-state index contributed by atoms with van der Waals surface area (Å²) in [5, 5.41) is 9.52. The second-order valence-corrected chi connectivity index (χ2v) is 6.50. The predicted molar refractivity (Wildman–Crippen MR) is 106 cm³/mol. The first-order chi connectivity index (χ1) is 12.6. The number of nitrogens with one attached hydrogen (secondary N) is 3. The number of hydrogen-bond acceptors (Lipinski definition) is 4. The zero-order valence-electron chi connectivity index (χ0n) is 16.0. The molecular weight excluding hydrogens is 330 g/mol. The number of likely N-dealkylation sites (tertiary alicyclic amines) is 1. The zero-order valence-corrected chi connectivity index (χ0v) is 16.0. The highest BCUT2D eigenvalue weighted by molar-refractivity contribution is 5.84. The van der Waals surface area contributed by atoms with Crippen LogP contribution in [0.1, 0.15) is 31.7 Å². The first kappa shape index (κ1) is 20.0. The van der Waals surface area contributed by atoms with Crippen LogP contribution < -0.4 is 16.0 Å². The first-order valence-electron chi connectivity index (χ1n) is 9.28. The van der Waals surface area contributed by atoms with Gasteiger partial charge in [-0.15, -0.1) is 0 Å². The highest BCUT2D eigenvalue weighted by Gasteiger charge is 2.19. The standard InChI is InChI=1S/C19H31N5O2/c1-4-11-24-12-9-17(10-13-24)22-18(20-2)21-14-15-5-7-16(8-6-15)23-19(25)26-3/h5-8,17H,4,9-14H2,1-3H3,(H,23,25)(H2,20,21,22). The number of anilines is 1. The lowest BCUT2D eigenvalue weighted by Crippen LogP contribution is -2.48. The third kappa shape index (κ3) is 6.55. The number of aliphatic imine (C=N–C) groups is 1. The Balaban J connectivity index is 1.76. The van der Waals surface area contributed by atoms with Crippen molar-refractivity contribution in [1.82, 2.24) is 15.5 Å². The Hall–Kier alpha value is -2.28. The lowest BCUT2D eigenvalue weighted by atomic mass is 10.1. The predicted octanol–water partition coefficient (Wildman–Crippen LogP) is 2.40. The Morgan fingerprint density at radius 1 is 1.27 bits per heavy atom. The molecule has 1 amide bonds. The Bertz CT molecular complexity index is 580. The number of rotatable bonds is 6. The molecule has 0 saturated carbocycles. The Labute approximate surface area is 156 Å². The number of hydrogen-bond donors (Lipinski definition) is 3. The van der Waals surface area contributed by atoms with Crippen molar-refractivity contribution in [3.63, 3.8) is 0 Å². The molecule has 7 heteroatoms. The molecule has 0 spiro atoms. The monoisotopic (exact) mass is 361 g/mol. The molecule has 0 aromatic heterocycles. The van der Waals surface area contributed by atoms with Crippen LogP contribution in [0.3, 0.4) is 0 Å². The number of piperidine rings is 1. The molecule has 1 saturated heterocycles. The van der Waals surface area contributed by atoms with Gasteiger partial charge >= 0.3 is 6.09 Å². The zero-order chi connectivity index (χ0) is 18.8. The second kappa shape index (κ2) is 10.7. The third-order valence-corrected chi connectivity index (χ3v) is 4.54. The van der Waals surface area contributed by atoms with E-state index in [1.807, 2.05) is 24.3 Å². The van der Waals surface area contributed by atoms with Crippen molar-refractivity contribution in [1.29, 1.82) is 0 Å². The summed E-state index contributed by atoms with van der Waals surface area (Å²) in [6, 6.07) is 8.12. The van der Waals surface area contributed by atoms with Crippen LogP contribution in [0.25, 0.3) is 0 Å². The fourth-order valence-electron chi connectivity index (χ4n) is 3.07. The normalized spacial score (nSPS) is 16.2.